The second kappa shape index (κ2) is 4.93. The van der Waals surface area contributed by atoms with Crippen LogP contribution < -0.4 is 10.5 Å². The lowest BCUT2D eigenvalue weighted by Crippen LogP contribution is -2.31. The minimum absolute atomic E-state index is 0.0668. The first-order chi connectivity index (χ1) is 8.60. The Morgan fingerprint density at radius 1 is 1.28 bits per heavy atom. The van der Waals surface area contributed by atoms with E-state index in [2.05, 4.69) is 0 Å². The average Bonchev–Trinajstić information content (AvgIpc) is 2.37. The summed E-state index contributed by atoms with van der Waals surface area (Å²) >= 11 is 0. The fourth-order valence-corrected chi connectivity index (χ4v) is 1.75. The van der Waals surface area contributed by atoms with E-state index in [0.29, 0.717) is 5.06 Å². The molecule has 0 radical (unpaired) electrons. The molecule has 5 heteroatoms. The third-order valence-corrected chi connectivity index (χ3v) is 2.70. The molecule has 0 atom stereocenters. The van der Waals surface area contributed by atoms with E-state index in [1.165, 1.54) is 0 Å². The van der Waals surface area contributed by atoms with Gasteiger partial charge in [-0.05, 0) is 34.5 Å². The van der Waals surface area contributed by atoms with Crippen LogP contribution in [0.5, 0.6) is 5.75 Å². The number of hydrogen-bond donors (Lipinski definition) is 2. The van der Waals surface area contributed by atoms with Crippen LogP contribution in [0, 0.1) is 0 Å². The van der Waals surface area contributed by atoms with Crippen LogP contribution in [0.25, 0.3) is 10.8 Å². The molecule has 0 saturated carbocycles. The van der Waals surface area contributed by atoms with E-state index in [0.717, 1.165) is 22.1 Å². The van der Waals surface area contributed by atoms with E-state index in [-0.39, 0.29) is 6.54 Å². The smallest absolute Gasteiger partial charge is 0.338 e. The Kier molecular flexibility index (Phi) is 3.34. The number of urea groups is 1. The SMILES string of the molecule is COc1ccc2cc(CN(O)C(N)=O)ccc2c1. The summed E-state index contributed by atoms with van der Waals surface area (Å²) in [4.78, 5) is 10.7. The predicted molar refractivity (Wildman–Crippen MR) is 67.4 cm³/mol. The van der Waals surface area contributed by atoms with Gasteiger partial charge in [0.15, 0.2) is 0 Å². The first kappa shape index (κ1) is 12.2. The minimum Gasteiger partial charge on any atom is -0.497 e. The maximum Gasteiger partial charge on any atom is 0.338 e. The van der Waals surface area contributed by atoms with Crippen LogP contribution in [-0.2, 0) is 6.54 Å². The summed E-state index contributed by atoms with van der Waals surface area (Å²) in [6.45, 7) is 0.0668. The number of carbonyl (C=O) groups is 1. The molecule has 2 aromatic carbocycles. The highest BCUT2D eigenvalue weighted by Crippen LogP contribution is 2.22. The van der Waals surface area contributed by atoms with E-state index in [9.17, 15) is 10.0 Å². The van der Waals surface area contributed by atoms with Crippen molar-refractivity contribution in [1.82, 2.24) is 5.06 Å². The molecule has 0 aliphatic heterocycles. The van der Waals surface area contributed by atoms with Crippen molar-refractivity contribution in [3.05, 3.63) is 42.0 Å². The lowest BCUT2D eigenvalue weighted by molar-refractivity contribution is -0.0470. The number of amides is 2. The number of nitrogens with zero attached hydrogens (tertiary/aromatic N) is 1. The van der Waals surface area contributed by atoms with Gasteiger partial charge in [-0.15, -0.1) is 0 Å². The second-order valence-electron chi connectivity index (χ2n) is 3.94. The van der Waals surface area contributed by atoms with E-state index in [1.54, 1.807) is 7.11 Å². The number of nitrogens with two attached hydrogens (primary N) is 1. The molecule has 94 valence electrons. The van der Waals surface area contributed by atoms with Gasteiger partial charge in [-0.2, -0.15) is 0 Å². The summed E-state index contributed by atoms with van der Waals surface area (Å²) in [6, 6.07) is 10.5. The molecule has 18 heavy (non-hydrogen) atoms. The molecule has 0 aliphatic rings. The predicted octanol–water partition coefficient (Wildman–Crippen LogP) is 2.12. The monoisotopic (exact) mass is 246 g/mol. The van der Waals surface area contributed by atoms with E-state index >= 15 is 0 Å². The lowest BCUT2D eigenvalue weighted by Gasteiger charge is -2.12. The zero-order chi connectivity index (χ0) is 13.1. The van der Waals surface area contributed by atoms with Gasteiger partial charge in [-0.1, -0.05) is 18.2 Å². The Hall–Kier alpha value is -2.27. The zero-order valence-corrected chi connectivity index (χ0v) is 9.96. The van der Waals surface area contributed by atoms with Crippen LogP contribution in [0.2, 0.25) is 0 Å². The normalized spacial score (nSPS) is 10.3. The number of hydroxylamine groups is 2. The van der Waals surface area contributed by atoms with E-state index in [1.807, 2.05) is 36.4 Å². The van der Waals surface area contributed by atoms with Crippen molar-refractivity contribution in [2.45, 2.75) is 6.54 Å². The number of benzene rings is 2. The molecule has 5 nitrogen and oxygen atoms in total. The molecule has 2 amide bonds. The standard InChI is InChI=1S/C13H14N2O3/c1-18-12-5-4-10-6-9(2-3-11(10)7-12)8-15(17)13(14)16/h2-7,17H,8H2,1H3,(H2,14,16). The Morgan fingerprint density at radius 3 is 2.61 bits per heavy atom. The molecule has 0 heterocycles. The highest BCUT2D eigenvalue weighted by atomic mass is 16.5. The Bertz CT molecular complexity index is 583. The Balaban J connectivity index is 2.30. The lowest BCUT2D eigenvalue weighted by atomic mass is 10.1. The molecule has 0 fully saturated rings. The summed E-state index contributed by atoms with van der Waals surface area (Å²) in [5, 5.41) is 11.8. The van der Waals surface area contributed by atoms with Crippen molar-refractivity contribution < 1.29 is 14.7 Å². The Labute approximate surface area is 104 Å². The van der Waals surface area contributed by atoms with E-state index < -0.39 is 6.03 Å². The minimum atomic E-state index is -0.871. The molecule has 0 spiro atoms. The van der Waals surface area contributed by atoms with Crippen LogP contribution >= 0.6 is 0 Å². The van der Waals surface area contributed by atoms with Crippen LogP contribution in [-0.4, -0.2) is 23.4 Å². The quantitative estimate of drug-likeness (QED) is 0.643. The van der Waals surface area contributed by atoms with Crippen LogP contribution in [0.15, 0.2) is 36.4 Å². The summed E-state index contributed by atoms with van der Waals surface area (Å²) in [5.74, 6) is 0.788. The summed E-state index contributed by atoms with van der Waals surface area (Å²) in [7, 11) is 1.62. The van der Waals surface area contributed by atoms with Crippen molar-refractivity contribution in [3.8, 4) is 5.75 Å². The number of primary amides is 1. The fourth-order valence-electron chi connectivity index (χ4n) is 1.75. The largest absolute Gasteiger partial charge is 0.497 e. The van der Waals surface area contributed by atoms with Crippen molar-refractivity contribution in [2.75, 3.05) is 7.11 Å². The molecular weight excluding hydrogens is 232 g/mol. The topological polar surface area (TPSA) is 75.8 Å². The Morgan fingerprint density at radius 2 is 1.94 bits per heavy atom. The maximum atomic E-state index is 10.7. The fraction of sp³-hybridized carbons (Fsp3) is 0.154. The zero-order valence-electron chi connectivity index (χ0n) is 9.96. The van der Waals surface area contributed by atoms with Gasteiger partial charge in [0.1, 0.15) is 5.75 Å². The van der Waals surface area contributed by atoms with Gasteiger partial charge >= 0.3 is 6.03 Å². The number of hydrogen-bond acceptors (Lipinski definition) is 3. The molecule has 0 unspecified atom stereocenters. The highest BCUT2D eigenvalue weighted by Gasteiger charge is 2.07. The van der Waals surface area contributed by atoms with Crippen molar-refractivity contribution in [3.63, 3.8) is 0 Å². The molecular formula is C13H14N2O3. The summed E-state index contributed by atoms with van der Waals surface area (Å²) in [6.07, 6.45) is 0. The molecule has 0 aromatic heterocycles. The van der Waals surface area contributed by atoms with Crippen LogP contribution in [0.3, 0.4) is 0 Å². The van der Waals surface area contributed by atoms with Crippen LogP contribution in [0.4, 0.5) is 4.79 Å². The van der Waals surface area contributed by atoms with Gasteiger partial charge in [0.25, 0.3) is 0 Å². The van der Waals surface area contributed by atoms with Crippen LogP contribution in [0.1, 0.15) is 5.56 Å². The first-order valence-electron chi connectivity index (χ1n) is 5.42. The van der Waals surface area contributed by atoms with Gasteiger partial charge in [-0.3, -0.25) is 5.21 Å². The first-order valence-corrected chi connectivity index (χ1v) is 5.42. The number of methoxy groups -OCH3 is 1. The number of fused-ring (bicyclic) bond motifs is 1. The molecule has 0 bridgehead atoms. The van der Waals surface area contributed by atoms with E-state index in [4.69, 9.17) is 10.5 Å². The molecule has 3 N–H and O–H groups in total. The summed E-state index contributed by atoms with van der Waals surface area (Å²) < 4.78 is 5.14. The summed E-state index contributed by atoms with van der Waals surface area (Å²) in [5.41, 5.74) is 5.75. The van der Waals surface area contributed by atoms with Crippen molar-refractivity contribution in [2.24, 2.45) is 5.73 Å². The van der Waals surface area contributed by atoms with Gasteiger partial charge in [0.05, 0.1) is 13.7 Å². The molecule has 0 saturated heterocycles. The molecule has 0 aliphatic carbocycles. The van der Waals surface area contributed by atoms with Gasteiger partial charge in [0.2, 0.25) is 0 Å². The molecule has 2 aromatic rings. The molecule has 2 rings (SSSR count). The number of ether oxygens (including phenoxy) is 1. The van der Waals surface area contributed by atoms with Gasteiger partial charge < -0.3 is 10.5 Å². The number of carbonyl (C=O) groups excluding carboxylic acids is 1. The van der Waals surface area contributed by atoms with Crippen molar-refractivity contribution in [1.29, 1.82) is 0 Å². The van der Waals surface area contributed by atoms with Crippen molar-refractivity contribution >= 4 is 16.8 Å². The second-order valence-corrected chi connectivity index (χ2v) is 3.94. The number of rotatable bonds is 3. The van der Waals surface area contributed by atoms with Gasteiger partial charge in [-0.25, -0.2) is 9.86 Å². The maximum absolute atomic E-state index is 10.7. The third-order valence-electron chi connectivity index (χ3n) is 2.70. The van der Waals surface area contributed by atoms with Gasteiger partial charge in [0, 0.05) is 0 Å². The third kappa shape index (κ3) is 2.52. The highest BCUT2D eigenvalue weighted by molar-refractivity contribution is 5.84. The average molecular weight is 246 g/mol.